The second kappa shape index (κ2) is 5.50. The molecule has 3 aliphatic rings. The fourth-order valence-electron chi connectivity index (χ4n) is 1.33. The lowest BCUT2D eigenvalue weighted by atomic mass is 10.2. The van der Waals surface area contributed by atoms with Crippen LogP contribution < -0.4 is 11.1 Å². The number of hydrazone groups is 2. The summed E-state index contributed by atoms with van der Waals surface area (Å²) in [6.45, 7) is 0. The Hall–Kier alpha value is -2.36. The molecule has 0 spiro atoms. The molecular formula is C12H12N4. The number of nitrogens with one attached hydrogen (secondary N) is 2. The van der Waals surface area contributed by atoms with Crippen molar-refractivity contribution >= 4 is 12.4 Å². The van der Waals surface area contributed by atoms with E-state index >= 15 is 0 Å². The summed E-state index contributed by atoms with van der Waals surface area (Å²) in [7, 11) is 0. The van der Waals surface area contributed by atoms with Gasteiger partial charge in [0.2, 0.25) is 0 Å². The summed E-state index contributed by atoms with van der Waals surface area (Å²) in [5, 5.41) is 7.08. The second-order valence-corrected chi connectivity index (χ2v) is 3.13. The predicted molar refractivity (Wildman–Crippen MR) is 66.3 cm³/mol. The molecule has 0 aromatic heterocycles. The molecule has 0 aromatic rings. The topological polar surface area (TPSA) is 48.8 Å². The smallest absolute Gasteiger partial charge is 0.0690 e. The Morgan fingerprint density at radius 2 is 1.12 bits per heavy atom. The molecule has 0 fully saturated rings. The van der Waals surface area contributed by atoms with E-state index in [9.17, 15) is 0 Å². The Kier molecular flexibility index (Phi) is 3.50. The molecular weight excluding hydrogens is 200 g/mol. The maximum absolute atomic E-state index is 3.54. The van der Waals surface area contributed by atoms with E-state index in [2.05, 4.69) is 63.7 Å². The van der Waals surface area contributed by atoms with Gasteiger partial charge in [-0.05, 0) is 11.1 Å². The molecule has 3 rings (SSSR count). The monoisotopic (exact) mass is 212 g/mol. The molecule has 2 N–H and O–H groups in total. The van der Waals surface area contributed by atoms with E-state index in [1.807, 2.05) is 6.07 Å². The third-order valence-electron chi connectivity index (χ3n) is 2.05. The van der Waals surface area contributed by atoms with Crippen molar-refractivity contribution in [1.82, 2.24) is 11.1 Å². The third kappa shape index (κ3) is 2.81. The molecule has 0 aromatic carbocycles. The van der Waals surface area contributed by atoms with E-state index in [4.69, 9.17) is 0 Å². The molecule has 2 aliphatic carbocycles. The lowest BCUT2D eigenvalue weighted by Crippen LogP contribution is -2.24. The zero-order valence-corrected chi connectivity index (χ0v) is 8.67. The molecule has 0 amide bonds. The minimum atomic E-state index is 1.31. The SMILES string of the molecule is C1=NNNN=C1.c1ccc2cccc-2cc1. The minimum absolute atomic E-state index is 1.31. The number of hydrogen-bond acceptors (Lipinski definition) is 4. The zero-order chi connectivity index (χ0) is 11.1. The van der Waals surface area contributed by atoms with Crippen molar-refractivity contribution in [2.45, 2.75) is 0 Å². The van der Waals surface area contributed by atoms with Crippen LogP contribution in [0.5, 0.6) is 0 Å². The molecule has 0 saturated carbocycles. The molecule has 0 bridgehead atoms. The van der Waals surface area contributed by atoms with Gasteiger partial charge in [-0.25, -0.2) is 11.1 Å². The van der Waals surface area contributed by atoms with Crippen LogP contribution in [0.25, 0.3) is 11.1 Å². The fraction of sp³-hybridized carbons (Fsp3) is 0. The maximum Gasteiger partial charge on any atom is 0.0690 e. The Morgan fingerprint density at radius 1 is 0.625 bits per heavy atom. The lowest BCUT2D eigenvalue weighted by Gasteiger charge is -1.96. The van der Waals surface area contributed by atoms with Gasteiger partial charge in [0, 0.05) is 0 Å². The van der Waals surface area contributed by atoms with E-state index in [-0.39, 0.29) is 0 Å². The van der Waals surface area contributed by atoms with Gasteiger partial charge < -0.3 is 0 Å². The van der Waals surface area contributed by atoms with Crippen molar-refractivity contribution in [3.05, 3.63) is 48.5 Å². The first-order valence-electron chi connectivity index (χ1n) is 4.95. The van der Waals surface area contributed by atoms with E-state index in [1.165, 1.54) is 11.1 Å². The number of nitrogens with zero attached hydrogens (tertiary/aromatic N) is 2. The normalized spacial score (nSPS) is 12.2. The average molecular weight is 212 g/mol. The Labute approximate surface area is 94.0 Å². The van der Waals surface area contributed by atoms with Crippen LogP contribution in [-0.2, 0) is 0 Å². The van der Waals surface area contributed by atoms with Gasteiger partial charge in [-0.2, -0.15) is 10.2 Å². The third-order valence-corrected chi connectivity index (χ3v) is 2.05. The Bertz CT molecular complexity index is 425. The van der Waals surface area contributed by atoms with Crippen LogP contribution in [0.15, 0.2) is 58.7 Å². The van der Waals surface area contributed by atoms with E-state index in [0.717, 1.165) is 0 Å². The molecule has 0 radical (unpaired) electrons. The predicted octanol–water partition coefficient (Wildman–Crippen LogP) is 1.86. The first kappa shape index (κ1) is 10.2. The van der Waals surface area contributed by atoms with Gasteiger partial charge in [0.15, 0.2) is 0 Å². The molecule has 1 aliphatic heterocycles. The molecule has 1 heterocycles. The van der Waals surface area contributed by atoms with Gasteiger partial charge in [-0.1, -0.05) is 48.5 Å². The highest BCUT2D eigenvalue weighted by molar-refractivity contribution is 6.16. The first-order chi connectivity index (χ1) is 7.97. The molecule has 4 heteroatoms. The summed E-state index contributed by atoms with van der Waals surface area (Å²) < 4.78 is 0. The van der Waals surface area contributed by atoms with Crippen molar-refractivity contribution in [2.75, 3.05) is 0 Å². The van der Waals surface area contributed by atoms with Gasteiger partial charge >= 0.3 is 0 Å². The summed E-state index contributed by atoms with van der Waals surface area (Å²) in [5.41, 5.74) is 7.43. The van der Waals surface area contributed by atoms with Gasteiger partial charge in [0.25, 0.3) is 0 Å². The van der Waals surface area contributed by atoms with Gasteiger partial charge in [-0.15, -0.1) is 0 Å². The second-order valence-electron chi connectivity index (χ2n) is 3.13. The fourth-order valence-corrected chi connectivity index (χ4v) is 1.33. The van der Waals surface area contributed by atoms with Crippen molar-refractivity contribution < 1.29 is 0 Å². The largest absolute Gasteiger partial charge is 0.205 e. The van der Waals surface area contributed by atoms with Crippen molar-refractivity contribution in [1.29, 1.82) is 0 Å². The van der Waals surface area contributed by atoms with Crippen LogP contribution >= 0.6 is 0 Å². The quantitative estimate of drug-likeness (QED) is 0.700. The van der Waals surface area contributed by atoms with Crippen LogP contribution in [0, 0.1) is 0 Å². The molecule has 0 saturated heterocycles. The maximum atomic E-state index is 3.54. The summed E-state index contributed by atoms with van der Waals surface area (Å²) in [4.78, 5) is 0. The van der Waals surface area contributed by atoms with E-state index in [1.54, 1.807) is 12.4 Å². The highest BCUT2D eigenvalue weighted by atomic mass is 15.7. The minimum Gasteiger partial charge on any atom is -0.205 e. The van der Waals surface area contributed by atoms with Crippen LogP contribution in [0.2, 0.25) is 0 Å². The summed E-state index contributed by atoms with van der Waals surface area (Å²) in [6, 6.07) is 16.7. The van der Waals surface area contributed by atoms with Crippen LogP contribution in [-0.4, -0.2) is 12.4 Å². The van der Waals surface area contributed by atoms with Gasteiger partial charge in [-0.3, -0.25) is 0 Å². The molecule has 16 heavy (non-hydrogen) atoms. The van der Waals surface area contributed by atoms with Crippen molar-refractivity contribution in [2.24, 2.45) is 10.2 Å². The number of fused-ring (bicyclic) bond motifs is 1. The lowest BCUT2D eigenvalue weighted by molar-refractivity contribution is 0.585. The summed E-state index contributed by atoms with van der Waals surface area (Å²) >= 11 is 0. The van der Waals surface area contributed by atoms with E-state index < -0.39 is 0 Å². The first-order valence-corrected chi connectivity index (χ1v) is 4.95. The number of rotatable bonds is 0. The van der Waals surface area contributed by atoms with Crippen LogP contribution in [0.4, 0.5) is 0 Å². The molecule has 0 unspecified atom stereocenters. The molecule has 4 nitrogen and oxygen atoms in total. The number of hydrogen-bond donors (Lipinski definition) is 2. The Morgan fingerprint density at radius 3 is 1.56 bits per heavy atom. The molecule has 0 atom stereocenters. The Balaban J connectivity index is 0.000000138. The van der Waals surface area contributed by atoms with Gasteiger partial charge in [0.05, 0.1) is 12.4 Å². The standard InChI is InChI=1S/C10H8.C2H4N4/c1-2-5-9-7-4-8-10(9)6-3-1;1-2-4-6-5-3-1/h1-8H;1-2,5-6H. The molecule has 80 valence electrons. The zero-order valence-electron chi connectivity index (χ0n) is 8.67. The van der Waals surface area contributed by atoms with Gasteiger partial charge in [0.1, 0.15) is 0 Å². The van der Waals surface area contributed by atoms with Crippen LogP contribution in [0.1, 0.15) is 0 Å². The van der Waals surface area contributed by atoms with E-state index in [0.29, 0.717) is 0 Å². The summed E-state index contributed by atoms with van der Waals surface area (Å²) in [6.07, 6.45) is 3.10. The van der Waals surface area contributed by atoms with Crippen molar-refractivity contribution in [3.8, 4) is 11.1 Å². The summed E-state index contributed by atoms with van der Waals surface area (Å²) in [5.74, 6) is 0. The number of hydrazine groups is 1. The van der Waals surface area contributed by atoms with Crippen LogP contribution in [0.3, 0.4) is 0 Å². The van der Waals surface area contributed by atoms with Crippen molar-refractivity contribution in [3.63, 3.8) is 0 Å². The average Bonchev–Trinajstić information content (AvgIpc) is 2.69. The highest BCUT2D eigenvalue weighted by Gasteiger charge is 1.94. The highest BCUT2D eigenvalue weighted by Crippen LogP contribution is 2.19.